The molecule has 0 aliphatic heterocycles. The summed E-state index contributed by atoms with van der Waals surface area (Å²) in [4.78, 5) is 11.4. The second kappa shape index (κ2) is 10.6. The van der Waals surface area contributed by atoms with Gasteiger partial charge in [-0.3, -0.25) is 4.79 Å². The highest BCUT2D eigenvalue weighted by atomic mass is 32.2. The van der Waals surface area contributed by atoms with Gasteiger partial charge in [0.15, 0.2) is 10.1 Å². The number of carbonyl (C=O) groups is 1. The summed E-state index contributed by atoms with van der Waals surface area (Å²) < 4.78 is 6.37. The minimum Gasteiger partial charge on any atom is -0.491 e. The molecule has 8 heteroatoms. The number of aliphatic hydroxyl groups excluding tert-OH is 1. The molecule has 0 radical (unpaired) electrons. The summed E-state index contributed by atoms with van der Waals surface area (Å²) in [7, 11) is 0. The summed E-state index contributed by atoms with van der Waals surface area (Å²) in [5, 5.41) is 22.5. The number of carbonyl (C=O) groups excluding carboxylic acids is 1. The van der Waals surface area contributed by atoms with Crippen LogP contribution in [0.4, 0.5) is 10.8 Å². The Morgan fingerprint density at radius 3 is 2.67 bits per heavy atom. The highest BCUT2D eigenvalue weighted by Crippen LogP contribution is 2.28. The van der Waals surface area contributed by atoms with Crippen LogP contribution in [0.1, 0.15) is 42.6 Å². The first-order valence-corrected chi connectivity index (χ1v) is 11.5. The average molecular weight is 444 g/mol. The third kappa shape index (κ3) is 6.55. The first-order valence-electron chi connectivity index (χ1n) is 9.66. The molecule has 0 fully saturated rings. The highest BCUT2D eigenvalue weighted by Gasteiger charge is 2.11. The zero-order valence-corrected chi connectivity index (χ0v) is 18.8. The van der Waals surface area contributed by atoms with Gasteiger partial charge in [0.1, 0.15) is 12.4 Å². The predicted octanol–water partition coefficient (Wildman–Crippen LogP) is 5.14. The Morgan fingerprint density at radius 2 is 1.97 bits per heavy atom. The zero-order valence-electron chi connectivity index (χ0n) is 17.2. The number of anilines is 2. The molecule has 0 aliphatic rings. The van der Waals surface area contributed by atoms with Crippen molar-refractivity contribution in [3.8, 4) is 5.75 Å². The molecule has 3 aromatic rings. The largest absolute Gasteiger partial charge is 0.491 e. The summed E-state index contributed by atoms with van der Waals surface area (Å²) >= 11 is 2.87. The topological polar surface area (TPSA) is 84.3 Å². The fraction of sp³-hybridized carbons (Fsp3) is 0.318. The van der Waals surface area contributed by atoms with Gasteiger partial charge in [-0.15, -0.1) is 10.2 Å². The van der Waals surface area contributed by atoms with E-state index in [0.717, 1.165) is 10.0 Å². The zero-order chi connectivity index (χ0) is 21.5. The number of nitrogens with zero attached hydrogens (tertiary/aromatic N) is 2. The van der Waals surface area contributed by atoms with Crippen LogP contribution in [0, 0.1) is 0 Å². The minimum atomic E-state index is -0.667. The van der Waals surface area contributed by atoms with E-state index in [4.69, 9.17) is 4.74 Å². The van der Waals surface area contributed by atoms with Crippen LogP contribution >= 0.6 is 23.1 Å². The van der Waals surface area contributed by atoms with Crippen molar-refractivity contribution in [3.05, 3.63) is 59.7 Å². The van der Waals surface area contributed by atoms with Crippen molar-refractivity contribution >= 4 is 39.7 Å². The molecular formula is C22H25N3O3S2. The van der Waals surface area contributed by atoms with Gasteiger partial charge >= 0.3 is 0 Å². The Morgan fingerprint density at radius 1 is 1.20 bits per heavy atom. The van der Waals surface area contributed by atoms with Gasteiger partial charge in [0.25, 0.3) is 0 Å². The Bertz CT molecular complexity index is 974. The van der Waals surface area contributed by atoms with E-state index in [0.29, 0.717) is 28.1 Å². The summed E-state index contributed by atoms with van der Waals surface area (Å²) in [6.45, 7) is 5.98. The molecule has 0 saturated heterocycles. The highest BCUT2D eigenvalue weighted by molar-refractivity contribution is 8.01. The van der Waals surface area contributed by atoms with E-state index in [1.54, 1.807) is 24.3 Å². The molecule has 2 aromatic carbocycles. The molecule has 6 nitrogen and oxygen atoms in total. The van der Waals surface area contributed by atoms with Gasteiger partial charge in [0, 0.05) is 17.0 Å². The van der Waals surface area contributed by atoms with Gasteiger partial charge < -0.3 is 15.2 Å². The molecule has 0 saturated carbocycles. The first-order chi connectivity index (χ1) is 14.4. The van der Waals surface area contributed by atoms with Crippen molar-refractivity contribution in [2.24, 2.45) is 0 Å². The summed E-state index contributed by atoms with van der Waals surface area (Å²) in [5.41, 5.74) is 2.84. The van der Waals surface area contributed by atoms with Crippen LogP contribution < -0.4 is 10.1 Å². The third-order valence-electron chi connectivity index (χ3n) is 4.32. The average Bonchev–Trinajstić information content (AvgIpc) is 3.18. The fourth-order valence-corrected chi connectivity index (χ4v) is 4.31. The van der Waals surface area contributed by atoms with Crippen LogP contribution in [0.5, 0.6) is 5.75 Å². The van der Waals surface area contributed by atoms with E-state index in [1.807, 2.05) is 12.1 Å². The lowest BCUT2D eigenvalue weighted by Crippen LogP contribution is -2.20. The molecule has 0 spiro atoms. The van der Waals surface area contributed by atoms with Crippen molar-refractivity contribution in [3.63, 3.8) is 0 Å². The molecule has 1 aromatic heterocycles. The van der Waals surface area contributed by atoms with Crippen molar-refractivity contribution in [2.75, 3.05) is 17.7 Å². The van der Waals surface area contributed by atoms with Crippen molar-refractivity contribution in [1.82, 2.24) is 10.2 Å². The van der Waals surface area contributed by atoms with E-state index >= 15 is 0 Å². The number of ether oxygens (including phenoxy) is 1. The summed E-state index contributed by atoms with van der Waals surface area (Å²) in [5.74, 6) is 1.48. The van der Waals surface area contributed by atoms with Gasteiger partial charge in [-0.2, -0.15) is 0 Å². The van der Waals surface area contributed by atoms with E-state index < -0.39 is 6.10 Å². The quantitative estimate of drug-likeness (QED) is 0.331. The number of rotatable bonds is 10. The van der Waals surface area contributed by atoms with Gasteiger partial charge in [0.2, 0.25) is 5.13 Å². The number of hydrogen-bond acceptors (Lipinski definition) is 8. The van der Waals surface area contributed by atoms with E-state index in [2.05, 4.69) is 41.5 Å². The molecule has 30 heavy (non-hydrogen) atoms. The fourth-order valence-electron chi connectivity index (χ4n) is 2.61. The smallest absolute Gasteiger partial charge is 0.210 e. The number of hydrogen-bond donors (Lipinski definition) is 2. The van der Waals surface area contributed by atoms with Crippen molar-refractivity contribution in [2.45, 2.75) is 37.1 Å². The molecule has 158 valence electrons. The maximum Gasteiger partial charge on any atom is 0.210 e. The SMILES string of the molecule is CC(=O)c1cccc(OC[C@@H](O)CSc2nnc(Nc3ccc(C(C)C)cc3)s2)c1. The maximum absolute atomic E-state index is 11.4. The third-order valence-corrected chi connectivity index (χ3v) is 6.43. The van der Waals surface area contributed by atoms with Crippen LogP contribution in [0.25, 0.3) is 0 Å². The number of nitrogens with one attached hydrogen (secondary N) is 1. The van der Waals surface area contributed by atoms with Gasteiger partial charge in [-0.25, -0.2) is 0 Å². The summed E-state index contributed by atoms with van der Waals surface area (Å²) in [6.07, 6.45) is -0.667. The van der Waals surface area contributed by atoms with Crippen LogP contribution in [0.3, 0.4) is 0 Å². The second-order valence-corrected chi connectivity index (χ2v) is 9.38. The number of ketones is 1. The van der Waals surface area contributed by atoms with E-state index in [-0.39, 0.29) is 12.4 Å². The summed E-state index contributed by atoms with van der Waals surface area (Å²) in [6, 6.07) is 15.2. The van der Waals surface area contributed by atoms with Crippen molar-refractivity contribution in [1.29, 1.82) is 0 Å². The molecular weight excluding hydrogens is 418 g/mol. The van der Waals surface area contributed by atoms with Crippen LogP contribution in [0.2, 0.25) is 0 Å². The van der Waals surface area contributed by atoms with Crippen LogP contribution in [-0.2, 0) is 0 Å². The number of benzene rings is 2. The first kappa shape index (κ1) is 22.3. The number of aromatic nitrogens is 2. The van der Waals surface area contributed by atoms with Crippen LogP contribution in [0.15, 0.2) is 52.9 Å². The van der Waals surface area contributed by atoms with Gasteiger partial charge in [-0.05, 0) is 42.7 Å². The van der Waals surface area contributed by atoms with Crippen molar-refractivity contribution < 1.29 is 14.6 Å². The molecule has 2 N–H and O–H groups in total. The lowest BCUT2D eigenvalue weighted by atomic mass is 10.0. The number of Topliss-reactive ketones (excluding diaryl/α,β-unsaturated/α-hetero) is 1. The molecule has 1 atom stereocenters. The number of aliphatic hydroxyl groups is 1. The normalized spacial score (nSPS) is 12.0. The molecule has 0 amide bonds. The Balaban J connectivity index is 1.45. The predicted molar refractivity (Wildman–Crippen MR) is 122 cm³/mol. The molecule has 3 rings (SSSR count). The lowest BCUT2D eigenvalue weighted by molar-refractivity contribution is 0.101. The maximum atomic E-state index is 11.4. The molecule has 0 aliphatic carbocycles. The van der Waals surface area contributed by atoms with Gasteiger partial charge in [-0.1, -0.05) is 61.2 Å². The lowest BCUT2D eigenvalue weighted by Gasteiger charge is -2.11. The van der Waals surface area contributed by atoms with Crippen LogP contribution in [-0.4, -0.2) is 39.6 Å². The van der Waals surface area contributed by atoms with Gasteiger partial charge in [0.05, 0.1) is 6.10 Å². The molecule has 0 bridgehead atoms. The Kier molecular flexibility index (Phi) is 7.84. The Labute approximate surface area is 184 Å². The Hall–Kier alpha value is -2.42. The molecule has 0 unspecified atom stereocenters. The van der Waals surface area contributed by atoms with E-state index in [1.165, 1.54) is 35.6 Å². The molecule has 1 heterocycles. The minimum absolute atomic E-state index is 0.0203. The second-order valence-electron chi connectivity index (χ2n) is 7.13. The number of thioether (sulfide) groups is 1. The standard InChI is InChI=1S/C22H25N3O3S2/c1-14(2)16-7-9-18(10-8-16)23-21-24-25-22(30-21)29-13-19(27)12-28-20-6-4-5-17(11-20)15(3)26/h4-11,14,19,27H,12-13H2,1-3H3,(H,23,24)/t19-/m1/s1. The monoisotopic (exact) mass is 443 g/mol. The van der Waals surface area contributed by atoms with E-state index in [9.17, 15) is 9.90 Å².